The Morgan fingerprint density at radius 3 is 1.45 bits per heavy atom. The first-order valence-corrected chi connectivity index (χ1v) is 16.4. The van der Waals surface area contributed by atoms with Crippen LogP contribution in [-0.2, 0) is 40.3 Å². The van der Waals surface area contributed by atoms with Crippen molar-refractivity contribution in [3.63, 3.8) is 0 Å². The zero-order chi connectivity index (χ0) is 26.8. The van der Waals surface area contributed by atoms with Gasteiger partial charge in [0.05, 0.1) is 0 Å². The van der Waals surface area contributed by atoms with E-state index in [1.54, 1.807) is 16.7 Å². The summed E-state index contributed by atoms with van der Waals surface area (Å²) in [4.78, 5) is 0. The van der Waals surface area contributed by atoms with Crippen LogP contribution in [0, 0.1) is 0 Å². The first-order chi connectivity index (χ1) is 18.0. The lowest BCUT2D eigenvalue weighted by Crippen LogP contribution is -2.13. The molecule has 5 aromatic carbocycles. The zero-order valence-electron chi connectivity index (χ0n) is 24.0. The van der Waals surface area contributed by atoms with Crippen LogP contribution in [0.15, 0.2) is 54.6 Å². The lowest BCUT2D eigenvalue weighted by molar-refractivity contribution is 0.588. The standard InChI is InChI=1S/C36H40S2/c1-8-30-26-16-29(36(5,6)7)17-27(30)21-38-19-25-13-24(18-37-20-26)31-11-9-22-14-28(35(2,3)4)15-23-10-12-32(25)34(31)33(22)23/h9-17H,8,18-21H2,1-7H3. The maximum absolute atomic E-state index is 2.53. The molecule has 1 heterocycles. The number of fused-ring (bicyclic) bond motifs is 6. The quantitative estimate of drug-likeness (QED) is 0.195. The van der Waals surface area contributed by atoms with Crippen LogP contribution in [0.3, 0.4) is 0 Å². The first-order valence-electron chi connectivity index (χ1n) is 14.1. The molecule has 6 rings (SSSR count). The zero-order valence-corrected chi connectivity index (χ0v) is 25.7. The molecule has 0 spiro atoms. The summed E-state index contributed by atoms with van der Waals surface area (Å²) in [5.74, 6) is 4.27. The van der Waals surface area contributed by atoms with Gasteiger partial charge in [0, 0.05) is 23.0 Å². The molecule has 0 radical (unpaired) electrons. The van der Waals surface area contributed by atoms with Crippen molar-refractivity contribution >= 4 is 55.8 Å². The molecule has 0 saturated carbocycles. The third-order valence-electron chi connectivity index (χ3n) is 8.44. The third-order valence-corrected chi connectivity index (χ3v) is 10.5. The van der Waals surface area contributed by atoms with E-state index in [0.717, 1.165) is 29.4 Å². The molecule has 0 unspecified atom stereocenters. The third kappa shape index (κ3) is 4.52. The van der Waals surface area contributed by atoms with Crippen LogP contribution in [0.2, 0.25) is 0 Å². The van der Waals surface area contributed by atoms with E-state index in [4.69, 9.17) is 0 Å². The minimum absolute atomic E-state index is 0.141. The van der Waals surface area contributed by atoms with Crippen molar-refractivity contribution in [2.45, 2.75) is 88.7 Å². The van der Waals surface area contributed by atoms with Crippen molar-refractivity contribution in [3.8, 4) is 0 Å². The van der Waals surface area contributed by atoms with Gasteiger partial charge >= 0.3 is 0 Å². The molecular formula is C36H40S2. The highest BCUT2D eigenvalue weighted by atomic mass is 32.2. The Labute approximate surface area is 237 Å². The molecule has 2 heteroatoms. The Hall–Kier alpha value is -2.16. The van der Waals surface area contributed by atoms with Crippen LogP contribution in [-0.4, -0.2) is 0 Å². The van der Waals surface area contributed by atoms with Gasteiger partial charge < -0.3 is 0 Å². The molecule has 0 aromatic heterocycles. The second-order valence-electron chi connectivity index (χ2n) is 13.2. The molecule has 0 nitrogen and oxygen atoms in total. The van der Waals surface area contributed by atoms with Crippen molar-refractivity contribution in [1.82, 2.24) is 0 Å². The SMILES string of the molecule is CCc1c2cc(C(C)(C)C)cc1CSCc1cc(c3ccc4cc(C(C)(C)C)cc5ccc1c3c45)CSC2. The summed E-state index contributed by atoms with van der Waals surface area (Å²) in [6.45, 7) is 16.3. The summed E-state index contributed by atoms with van der Waals surface area (Å²) in [6, 6.07) is 22.0. The van der Waals surface area contributed by atoms with Gasteiger partial charge in [-0.05, 0) is 88.5 Å². The van der Waals surface area contributed by atoms with Gasteiger partial charge in [0.1, 0.15) is 0 Å². The number of thioether (sulfide) groups is 2. The van der Waals surface area contributed by atoms with Gasteiger partial charge in [0.25, 0.3) is 0 Å². The minimum atomic E-state index is 0.141. The fraction of sp³-hybridized carbons (Fsp3) is 0.389. The van der Waals surface area contributed by atoms with Crippen LogP contribution in [0.1, 0.15) is 87.4 Å². The van der Waals surface area contributed by atoms with E-state index < -0.39 is 0 Å². The largest absolute Gasteiger partial charge is 0.152 e. The predicted molar refractivity (Wildman–Crippen MR) is 173 cm³/mol. The van der Waals surface area contributed by atoms with Crippen LogP contribution in [0.5, 0.6) is 0 Å². The van der Waals surface area contributed by atoms with Crippen molar-refractivity contribution in [2.24, 2.45) is 0 Å². The summed E-state index contributed by atoms with van der Waals surface area (Å²) < 4.78 is 0. The van der Waals surface area contributed by atoms with Crippen LogP contribution >= 0.6 is 23.5 Å². The van der Waals surface area contributed by atoms with Gasteiger partial charge in [0.2, 0.25) is 0 Å². The van der Waals surface area contributed by atoms with Gasteiger partial charge in [-0.3, -0.25) is 0 Å². The van der Waals surface area contributed by atoms with E-state index in [1.165, 1.54) is 54.6 Å². The van der Waals surface area contributed by atoms with Crippen LogP contribution < -0.4 is 0 Å². The number of hydrogen-bond acceptors (Lipinski definition) is 2. The highest BCUT2D eigenvalue weighted by molar-refractivity contribution is 7.98. The van der Waals surface area contributed by atoms with Crippen molar-refractivity contribution in [3.05, 3.63) is 93.5 Å². The molecule has 0 amide bonds. The molecule has 4 bridgehead atoms. The Bertz CT molecular complexity index is 1560. The molecule has 0 atom stereocenters. The molecule has 0 fully saturated rings. The average Bonchev–Trinajstić information content (AvgIpc) is 2.86. The molecule has 196 valence electrons. The van der Waals surface area contributed by atoms with Gasteiger partial charge in [-0.25, -0.2) is 0 Å². The smallest absolute Gasteiger partial charge is 0.0194 e. The summed E-state index contributed by atoms with van der Waals surface area (Å²) in [6.07, 6.45) is 1.11. The highest BCUT2D eigenvalue weighted by Crippen LogP contribution is 2.42. The lowest BCUT2D eigenvalue weighted by Gasteiger charge is -2.25. The van der Waals surface area contributed by atoms with Crippen molar-refractivity contribution < 1.29 is 0 Å². The molecular weight excluding hydrogens is 497 g/mol. The number of rotatable bonds is 1. The summed E-state index contributed by atoms with van der Waals surface area (Å²) in [5.41, 5.74) is 10.9. The monoisotopic (exact) mass is 536 g/mol. The molecule has 0 saturated heterocycles. The maximum atomic E-state index is 2.53. The van der Waals surface area contributed by atoms with Gasteiger partial charge in [-0.15, -0.1) is 0 Å². The highest BCUT2D eigenvalue weighted by Gasteiger charge is 2.21. The second kappa shape index (κ2) is 9.49. The van der Waals surface area contributed by atoms with E-state index >= 15 is 0 Å². The Balaban J connectivity index is 1.51. The van der Waals surface area contributed by atoms with Crippen LogP contribution in [0.25, 0.3) is 32.3 Å². The molecule has 1 aliphatic rings. The molecule has 1 aliphatic heterocycles. The molecule has 38 heavy (non-hydrogen) atoms. The van der Waals surface area contributed by atoms with Gasteiger partial charge in [0.15, 0.2) is 0 Å². The second-order valence-corrected chi connectivity index (χ2v) is 15.2. The van der Waals surface area contributed by atoms with E-state index in [0.29, 0.717) is 0 Å². The van der Waals surface area contributed by atoms with Gasteiger partial charge in [-0.1, -0.05) is 103 Å². The fourth-order valence-electron chi connectivity index (χ4n) is 6.22. The normalized spacial score (nSPS) is 15.2. The molecule has 5 aromatic rings. The van der Waals surface area contributed by atoms with E-state index in [9.17, 15) is 0 Å². The van der Waals surface area contributed by atoms with Crippen LogP contribution in [0.4, 0.5) is 0 Å². The van der Waals surface area contributed by atoms with Crippen molar-refractivity contribution in [2.75, 3.05) is 0 Å². The maximum Gasteiger partial charge on any atom is 0.0194 e. The topological polar surface area (TPSA) is 0 Å². The first kappa shape index (κ1) is 26.1. The van der Waals surface area contributed by atoms with E-state index in [1.807, 2.05) is 0 Å². The van der Waals surface area contributed by atoms with E-state index in [-0.39, 0.29) is 10.8 Å². The predicted octanol–water partition coefficient (Wildman–Crippen LogP) is 10.9. The summed E-state index contributed by atoms with van der Waals surface area (Å²) >= 11 is 4.18. The minimum Gasteiger partial charge on any atom is -0.152 e. The fourth-order valence-corrected chi connectivity index (χ4v) is 8.30. The summed E-state index contributed by atoms with van der Waals surface area (Å²) in [5, 5.41) is 8.58. The molecule has 0 aliphatic carbocycles. The lowest BCUT2D eigenvalue weighted by atomic mass is 9.82. The number of benzene rings is 5. The molecule has 0 N–H and O–H groups in total. The Morgan fingerprint density at radius 2 is 1.00 bits per heavy atom. The average molecular weight is 537 g/mol. The summed E-state index contributed by atoms with van der Waals surface area (Å²) in [7, 11) is 0. The van der Waals surface area contributed by atoms with E-state index in [2.05, 4.69) is 127 Å². The van der Waals surface area contributed by atoms with Gasteiger partial charge in [-0.2, -0.15) is 23.5 Å². The Kier molecular flexibility index (Phi) is 6.51. The Morgan fingerprint density at radius 1 is 0.553 bits per heavy atom. The number of hydrogen-bond donors (Lipinski definition) is 0. The van der Waals surface area contributed by atoms with Crippen molar-refractivity contribution in [1.29, 1.82) is 0 Å².